The molecule has 1 rings (SSSR count). The van der Waals surface area contributed by atoms with Gasteiger partial charge in [-0.05, 0) is 18.2 Å². The van der Waals surface area contributed by atoms with E-state index < -0.39 is 12.3 Å². The van der Waals surface area contributed by atoms with E-state index in [2.05, 4.69) is 20.7 Å². The standard InChI is InChI=1S/C8H6BrFO3/c9-5-2-1-3-6(4-5)13-7(10)8(11)12/h1-4,7H,(H,11,12). The maximum absolute atomic E-state index is 12.5. The van der Waals surface area contributed by atoms with Crippen LogP contribution in [-0.4, -0.2) is 17.4 Å². The van der Waals surface area contributed by atoms with Crippen molar-refractivity contribution in [3.05, 3.63) is 28.7 Å². The van der Waals surface area contributed by atoms with Crippen molar-refractivity contribution in [3.8, 4) is 5.75 Å². The van der Waals surface area contributed by atoms with Gasteiger partial charge in [0.2, 0.25) is 0 Å². The van der Waals surface area contributed by atoms with Gasteiger partial charge in [-0.25, -0.2) is 4.79 Å². The van der Waals surface area contributed by atoms with Crippen molar-refractivity contribution in [3.63, 3.8) is 0 Å². The molecule has 1 aromatic carbocycles. The fourth-order valence-corrected chi connectivity index (χ4v) is 1.09. The van der Waals surface area contributed by atoms with Crippen molar-refractivity contribution in [2.24, 2.45) is 0 Å². The number of carbonyl (C=O) groups is 1. The number of hydrogen-bond acceptors (Lipinski definition) is 2. The largest absolute Gasteiger partial charge is 0.476 e. The maximum atomic E-state index is 12.5. The second-order valence-corrected chi connectivity index (χ2v) is 3.15. The average Bonchev–Trinajstić information content (AvgIpc) is 2.04. The highest BCUT2D eigenvalue weighted by molar-refractivity contribution is 9.10. The molecule has 0 amide bonds. The minimum atomic E-state index is -2.32. The molecular weight excluding hydrogens is 243 g/mol. The van der Waals surface area contributed by atoms with Crippen LogP contribution in [0.1, 0.15) is 0 Å². The Bertz CT molecular complexity index is 316. The topological polar surface area (TPSA) is 46.5 Å². The van der Waals surface area contributed by atoms with Crippen LogP contribution in [0.3, 0.4) is 0 Å². The predicted octanol–water partition coefficient (Wildman–Crippen LogP) is 2.21. The van der Waals surface area contributed by atoms with Crippen molar-refractivity contribution in [1.29, 1.82) is 0 Å². The van der Waals surface area contributed by atoms with Crippen LogP contribution >= 0.6 is 15.9 Å². The summed E-state index contributed by atoms with van der Waals surface area (Å²) < 4.78 is 17.7. The van der Waals surface area contributed by atoms with E-state index in [1.165, 1.54) is 12.1 Å². The summed E-state index contributed by atoms with van der Waals surface area (Å²) in [6.45, 7) is 0. The zero-order valence-corrected chi connectivity index (χ0v) is 7.99. The van der Waals surface area contributed by atoms with Crippen molar-refractivity contribution in [1.82, 2.24) is 0 Å². The van der Waals surface area contributed by atoms with Crippen molar-refractivity contribution in [2.45, 2.75) is 6.36 Å². The summed E-state index contributed by atoms with van der Waals surface area (Å²) in [5.41, 5.74) is 0. The molecule has 3 nitrogen and oxygen atoms in total. The molecule has 0 aliphatic heterocycles. The first kappa shape index (κ1) is 9.98. The Morgan fingerprint density at radius 1 is 1.62 bits per heavy atom. The number of benzene rings is 1. The molecule has 0 aliphatic carbocycles. The Balaban J connectivity index is 2.69. The third-order valence-corrected chi connectivity index (χ3v) is 1.72. The third-order valence-electron chi connectivity index (χ3n) is 1.23. The summed E-state index contributed by atoms with van der Waals surface area (Å²) in [7, 11) is 0. The molecule has 0 bridgehead atoms. The van der Waals surface area contributed by atoms with Crippen molar-refractivity contribution < 1.29 is 19.0 Å². The van der Waals surface area contributed by atoms with E-state index in [0.29, 0.717) is 4.47 Å². The monoisotopic (exact) mass is 248 g/mol. The second-order valence-electron chi connectivity index (χ2n) is 2.23. The van der Waals surface area contributed by atoms with E-state index in [0.717, 1.165) is 0 Å². The smallest absolute Gasteiger partial charge is 0.378 e. The molecule has 0 fully saturated rings. The summed E-state index contributed by atoms with van der Waals surface area (Å²) in [6.07, 6.45) is -2.32. The molecule has 0 saturated heterocycles. The van der Waals surface area contributed by atoms with Gasteiger partial charge in [0.1, 0.15) is 5.75 Å². The first-order valence-corrected chi connectivity index (χ1v) is 4.18. The third kappa shape index (κ3) is 3.02. The number of aliphatic carboxylic acids is 1. The normalized spacial score (nSPS) is 12.2. The van der Waals surface area contributed by atoms with Crippen LogP contribution in [0.2, 0.25) is 0 Å². The number of ether oxygens (including phenoxy) is 1. The number of rotatable bonds is 3. The number of carboxylic acids is 1. The fraction of sp³-hybridized carbons (Fsp3) is 0.125. The Kier molecular flexibility index (Phi) is 3.25. The van der Waals surface area contributed by atoms with E-state index >= 15 is 0 Å². The zero-order chi connectivity index (χ0) is 9.84. The second kappa shape index (κ2) is 4.23. The predicted molar refractivity (Wildman–Crippen MR) is 47.3 cm³/mol. The lowest BCUT2D eigenvalue weighted by atomic mass is 10.3. The molecule has 13 heavy (non-hydrogen) atoms. The molecule has 0 aromatic heterocycles. The summed E-state index contributed by atoms with van der Waals surface area (Å²) in [4.78, 5) is 10.1. The van der Waals surface area contributed by atoms with Gasteiger partial charge in [0, 0.05) is 4.47 Å². The molecule has 1 atom stereocenters. The van der Waals surface area contributed by atoms with E-state index in [1.54, 1.807) is 12.1 Å². The van der Waals surface area contributed by atoms with E-state index in [9.17, 15) is 9.18 Å². The summed E-state index contributed by atoms with van der Waals surface area (Å²) in [5.74, 6) is -1.47. The maximum Gasteiger partial charge on any atom is 0.378 e. The molecule has 5 heteroatoms. The lowest BCUT2D eigenvalue weighted by Crippen LogP contribution is -2.21. The van der Waals surface area contributed by atoms with Crippen LogP contribution in [-0.2, 0) is 4.79 Å². The minimum Gasteiger partial charge on any atom is -0.476 e. The molecule has 0 aliphatic rings. The molecule has 0 heterocycles. The zero-order valence-electron chi connectivity index (χ0n) is 6.41. The molecule has 0 saturated carbocycles. The van der Waals surface area contributed by atoms with Crippen LogP contribution in [0.25, 0.3) is 0 Å². The van der Waals surface area contributed by atoms with Crippen LogP contribution in [0.5, 0.6) is 5.75 Å². The lowest BCUT2D eigenvalue weighted by molar-refractivity contribution is -0.153. The molecule has 1 aromatic rings. The van der Waals surface area contributed by atoms with Gasteiger partial charge in [-0.3, -0.25) is 0 Å². The fourth-order valence-electron chi connectivity index (χ4n) is 0.710. The molecule has 1 unspecified atom stereocenters. The quantitative estimate of drug-likeness (QED) is 0.893. The van der Waals surface area contributed by atoms with Gasteiger partial charge in [-0.15, -0.1) is 0 Å². The van der Waals surface area contributed by atoms with Gasteiger partial charge in [0.05, 0.1) is 0 Å². The number of carboxylic acid groups (broad SMARTS) is 1. The molecule has 70 valence electrons. The Morgan fingerprint density at radius 3 is 2.85 bits per heavy atom. The summed E-state index contributed by atoms with van der Waals surface area (Å²) in [5, 5.41) is 8.20. The SMILES string of the molecule is O=C(O)C(F)Oc1cccc(Br)c1. The molecule has 0 spiro atoms. The van der Waals surface area contributed by atoms with Gasteiger partial charge in [-0.1, -0.05) is 22.0 Å². The van der Waals surface area contributed by atoms with Gasteiger partial charge in [0.15, 0.2) is 0 Å². The number of alkyl halides is 1. The van der Waals surface area contributed by atoms with Gasteiger partial charge in [0.25, 0.3) is 0 Å². The molecule has 0 radical (unpaired) electrons. The van der Waals surface area contributed by atoms with Crippen LogP contribution in [0.4, 0.5) is 4.39 Å². The number of halogens is 2. The van der Waals surface area contributed by atoms with Gasteiger partial charge in [-0.2, -0.15) is 4.39 Å². The summed E-state index contributed by atoms with van der Waals surface area (Å²) >= 11 is 3.14. The van der Waals surface area contributed by atoms with Gasteiger partial charge < -0.3 is 9.84 Å². The Hall–Kier alpha value is -1.10. The van der Waals surface area contributed by atoms with Crippen LogP contribution in [0, 0.1) is 0 Å². The van der Waals surface area contributed by atoms with Crippen molar-refractivity contribution >= 4 is 21.9 Å². The van der Waals surface area contributed by atoms with Crippen LogP contribution < -0.4 is 4.74 Å². The van der Waals surface area contributed by atoms with E-state index in [-0.39, 0.29) is 5.75 Å². The Labute approximate surface area is 82.3 Å². The lowest BCUT2D eigenvalue weighted by Gasteiger charge is -2.06. The molecule has 1 N–H and O–H groups in total. The number of hydrogen-bond donors (Lipinski definition) is 1. The highest BCUT2D eigenvalue weighted by Crippen LogP contribution is 2.19. The highest BCUT2D eigenvalue weighted by Gasteiger charge is 2.16. The first-order chi connectivity index (χ1) is 6.09. The first-order valence-electron chi connectivity index (χ1n) is 3.38. The van der Waals surface area contributed by atoms with Crippen LogP contribution in [0.15, 0.2) is 28.7 Å². The van der Waals surface area contributed by atoms with Crippen molar-refractivity contribution in [2.75, 3.05) is 0 Å². The van der Waals surface area contributed by atoms with E-state index in [4.69, 9.17) is 5.11 Å². The van der Waals surface area contributed by atoms with E-state index in [1.807, 2.05) is 0 Å². The summed E-state index contributed by atoms with van der Waals surface area (Å²) in [6, 6.07) is 6.30. The van der Waals surface area contributed by atoms with Gasteiger partial charge >= 0.3 is 12.3 Å². The Morgan fingerprint density at radius 2 is 2.31 bits per heavy atom. The highest BCUT2D eigenvalue weighted by atomic mass is 79.9. The molecular formula is C8H6BrFO3. The average molecular weight is 249 g/mol. The minimum absolute atomic E-state index is 0.171.